The highest BCUT2D eigenvalue weighted by Gasteiger charge is 2.45. The summed E-state index contributed by atoms with van der Waals surface area (Å²) in [6.07, 6.45) is 6.59. The summed E-state index contributed by atoms with van der Waals surface area (Å²) >= 11 is 0. The minimum absolute atomic E-state index is 0.257. The summed E-state index contributed by atoms with van der Waals surface area (Å²) < 4.78 is 5.70. The van der Waals surface area contributed by atoms with Crippen LogP contribution in [-0.2, 0) is 4.74 Å². The van der Waals surface area contributed by atoms with E-state index in [2.05, 4.69) is 12.4 Å². The van der Waals surface area contributed by atoms with E-state index in [0.29, 0.717) is 6.04 Å². The number of nitrogens with one attached hydrogen (secondary N) is 1. The van der Waals surface area contributed by atoms with Crippen LogP contribution in [0.5, 0.6) is 0 Å². The molecule has 2 unspecified atom stereocenters. The van der Waals surface area contributed by atoms with E-state index >= 15 is 0 Å². The Bertz CT molecular complexity index is 281. The second-order valence-electron chi connectivity index (χ2n) is 4.90. The Morgan fingerprint density at radius 1 is 1.00 bits per heavy atom. The first kappa shape index (κ1) is 12.6. The molecule has 1 N–H and O–H groups in total. The van der Waals surface area contributed by atoms with Gasteiger partial charge in [0.05, 0.1) is 12.2 Å². The molecule has 94 valence electrons. The topological polar surface area (TPSA) is 21.3 Å². The van der Waals surface area contributed by atoms with Gasteiger partial charge in [-0.1, -0.05) is 49.2 Å². The zero-order valence-corrected chi connectivity index (χ0v) is 10.7. The van der Waals surface area contributed by atoms with Crippen molar-refractivity contribution in [3.8, 4) is 0 Å². The van der Waals surface area contributed by atoms with Crippen LogP contribution < -0.4 is 5.32 Å². The van der Waals surface area contributed by atoms with Gasteiger partial charge >= 0.3 is 0 Å². The first-order chi connectivity index (χ1) is 8.37. The second-order valence-corrected chi connectivity index (χ2v) is 4.90. The molecule has 1 saturated heterocycles. The van der Waals surface area contributed by atoms with Gasteiger partial charge in [-0.25, -0.2) is 0 Å². The summed E-state index contributed by atoms with van der Waals surface area (Å²) in [5.41, 5.74) is 0.257. The van der Waals surface area contributed by atoms with Gasteiger partial charge in [-0.15, -0.1) is 0 Å². The molecule has 1 heterocycles. The highest BCUT2D eigenvalue weighted by molar-refractivity contribution is 5.00. The molecular weight excluding hydrogens is 210 g/mol. The summed E-state index contributed by atoms with van der Waals surface area (Å²) in [6.45, 7) is 0.984. The molecule has 0 bridgehead atoms. The van der Waals surface area contributed by atoms with E-state index < -0.39 is 0 Å². The third-order valence-electron chi connectivity index (χ3n) is 3.91. The maximum Gasteiger partial charge on any atom is 0.0856 e. The molecule has 2 atom stereocenters. The predicted octanol–water partition coefficient (Wildman–Crippen LogP) is 2.99. The van der Waals surface area contributed by atoms with Crippen molar-refractivity contribution in [3.63, 3.8) is 0 Å². The average Bonchev–Trinajstić information content (AvgIpc) is 2.39. The van der Waals surface area contributed by atoms with Crippen molar-refractivity contribution in [2.45, 2.75) is 43.7 Å². The summed E-state index contributed by atoms with van der Waals surface area (Å²) in [5, 5.41) is 3.37. The van der Waals surface area contributed by atoms with Gasteiger partial charge in [0.2, 0.25) is 0 Å². The van der Waals surface area contributed by atoms with Gasteiger partial charge in [-0.3, -0.25) is 0 Å². The minimum Gasteiger partial charge on any atom is -0.373 e. The largest absolute Gasteiger partial charge is 0.373 e. The van der Waals surface area contributed by atoms with Crippen molar-refractivity contribution in [3.05, 3.63) is 36.4 Å². The third-order valence-corrected chi connectivity index (χ3v) is 3.91. The van der Waals surface area contributed by atoms with Crippen molar-refractivity contribution in [1.29, 1.82) is 0 Å². The van der Waals surface area contributed by atoms with E-state index in [1.165, 1.54) is 32.1 Å². The van der Waals surface area contributed by atoms with E-state index in [0.717, 1.165) is 6.61 Å². The molecule has 1 aromatic carbocycles. The molecule has 17 heavy (non-hydrogen) atoms. The summed E-state index contributed by atoms with van der Waals surface area (Å²) in [5.74, 6) is 0. The maximum absolute atomic E-state index is 5.70. The van der Waals surface area contributed by atoms with E-state index in [-0.39, 0.29) is 5.60 Å². The molecule has 1 aromatic rings. The van der Waals surface area contributed by atoms with Crippen LogP contribution in [0.4, 0.5) is 0 Å². The third kappa shape index (κ3) is 3.08. The molecule has 2 nitrogen and oxygen atoms in total. The summed E-state index contributed by atoms with van der Waals surface area (Å²) in [4.78, 5) is 0. The van der Waals surface area contributed by atoms with Crippen LogP contribution in [0.25, 0.3) is 0 Å². The van der Waals surface area contributed by atoms with E-state index in [4.69, 9.17) is 4.74 Å². The van der Waals surface area contributed by atoms with Gasteiger partial charge in [0.25, 0.3) is 0 Å². The molecule has 1 saturated carbocycles. The predicted molar refractivity (Wildman–Crippen MR) is 71.1 cm³/mol. The number of hydrogen-bond donors (Lipinski definition) is 1. The zero-order valence-electron chi connectivity index (χ0n) is 10.7. The Hall–Kier alpha value is -0.860. The fourth-order valence-corrected chi connectivity index (χ4v) is 2.84. The number of hydrogen-bond acceptors (Lipinski definition) is 2. The van der Waals surface area contributed by atoms with Gasteiger partial charge in [0, 0.05) is 12.5 Å². The van der Waals surface area contributed by atoms with E-state index in [1.54, 1.807) is 0 Å². The van der Waals surface area contributed by atoms with Crippen LogP contribution in [0.1, 0.15) is 32.1 Å². The molecule has 2 aliphatic rings. The van der Waals surface area contributed by atoms with Gasteiger partial charge < -0.3 is 10.1 Å². The van der Waals surface area contributed by atoms with Crippen molar-refractivity contribution < 1.29 is 4.74 Å². The molecule has 2 fully saturated rings. The lowest BCUT2D eigenvalue weighted by atomic mass is 9.75. The van der Waals surface area contributed by atoms with Crippen molar-refractivity contribution >= 4 is 0 Å². The monoisotopic (exact) mass is 233 g/mol. The fraction of sp³-hybridized carbons (Fsp3) is 0.600. The Kier molecular flexibility index (Phi) is 4.57. The van der Waals surface area contributed by atoms with Crippen LogP contribution in [0.3, 0.4) is 0 Å². The minimum atomic E-state index is 0.257. The maximum atomic E-state index is 5.70. The fourth-order valence-electron chi connectivity index (χ4n) is 2.84. The first-order valence-electron chi connectivity index (χ1n) is 6.69. The Morgan fingerprint density at radius 3 is 1.94 bits per heavy atom. The van der Waals surface area contributed by atoms with Crippen LogP contribution in [-0.4, -0.2) is 25.3 Å². The Morgan fingerprint density at radius 2 is 1.59 bits per heavy atom. The normalized spacial score (nSPS) is 31.2. The lowest BCUT2D eigenvalue weighted by Gasteiger charge is -2.50. The van der Waals surface area contributed by atoms with Crippen molar-refractivity contribution in [2.24, 2.45) is 0 Å². The molecule has 2 heteroatoms. The van der Waals surface area contributed by atoms with Crippen LogP contribution in [0.2, 0.25) is 0 Å². The van der Waals surface area contributed by atoms with Gasteiger partial charge in [0.15, 0.2) is 0 Å². The Balaban J connectivity index is 0.000000153. The number of benzene rings is 1. The average molecular weight is 233 g/mol. The highest BCUT2D eigenvalue weighted by atomic mass is 16.5. The van der Waals surface area contributed by atoms with Crippen LogP contribution in [0, 0.1) is 0 Å². The van der Waals surface area contributed by atoms with Crippen LogP contribution in [0.15, 0.2) is 36.4 Å². The smallest absolute Gasteiger partial charge is 0.0856 e. The van der Waals surface area contributed by atoms with Gasteiger partial charge in [-0.05, 0) is 19.9 Å². The molecule has 0 amide bonds. The lowest BCUT2D eigenvalue weighted by Crippen LogP contribution is -2.59. The highest BCUT2D eigenvalue weighted by Crippen LogP contribution is 2.40. The van der Waals surface area contributed by atoms with E-state index in [1.807, 2.05) is 36.4 Å². The molecule has 1 aliphatic carbocycles. The van der Waals surface area contributed by atoms with Crippen molar-refractivity contribution in [1.82, 2.24) is 5.32 Å². The van der Waals surface area contributed by atoms with Crippen LogP contribution >= 0.6 is 0 Å². The molecule has 1 spiro atoms. The molecule has 0 radical (unpaired) electrons. The molecular formula is C15H23NO. The van der Waals surface area contributed by atoms with Gasteiger partial charge in [0.1, 0.15) is 0 Å². The molecule has 1 aliphatic heterocycles. The zero-order chi connectivity index (χ0) is 12.0. The molecule has 3 rings (SSSR count). The Labute approximate surface area is 104 Å². The van der Waals surface area contributed by atoms with E-state index in [9.17, 15) is 0 Å². The quantitative estimate of drug-likeness (QED) is 0.805. The summed E-state index contributed by atoms with van der Waals surface area (Å²) in [6, 6.07) is 12.6. The summed E-state index contributed by atoms with van der Waals surface area (Å²) in [7, 11) is 2.05. The lowest BCUT2D eigenvalue weighted by molar-refractivity contribution is -0.180. The standard InChI is InChI=1S/C9H17NO.C6H6/c1-10-8-4-2-3-5-9(8)6-7-11-9;1-2-4-6-5-3-1/h8,10H,2-7H2,1H3;1-6H. The SMILES string of the molecule is CNC1CCCCC12CCO2.c1ccccc1. The second kappa shape index (κ2) is 6.18. The number of ether oxygens (including phenoxy) is 1. The van der Waals surface area contributed by atoms with Gasteiger partial charge in [-0.2, -0.15) is 0 Å². The molecule has 0 aromatic heterocycles. The first-order valence-corrected chi connectivity index (χ1v) is 6.69. The number of likely N-dealkylation sites (N-methyl/N-ethyl adjacent to an activating group) is 1. The number of rotatable bonds is 1. The van der Waals surface area contributed by atoms with Crippen molar-refractivity contribution in [2.75, 3.05) is 13.7 Å².